The highest BCUT2D eigenvalue weighted by molar-refractivity contribution is 7.99. The van der Waals surface area contributed by atoms with Gasteiger partial charge < -0.3 is 9.64 Å². The van der Waals surface area contributed by atoms with Crippen molar-refractivity contribution in [3.8, 4) is 5.75 Å². The molecule has 0 unspecified atom stereocenters. The van der Waals surface area contributed by atoms with Gasteiger partial charge in [0.25, 0.3) is 0 Å². The van der Waals surface area contributed by atoms with Crippen molar-refractivity contribution in [2.24, 2.45) is 0 Å². The summed E-state index contributed by atoms with van der Waals surface area (Å²) in [6.45, 7) is 0. The molecule has 2 aliphatic rings. The fourth-order valence-electron chi connectivity index (χ4n) is 4.98. The SMILES string of the molecule is COc1ccc(Cc2nc(SCC(=O)N(C3CCCCC3)C3CCCCC3)n[nH]2)cc1. The molecule has 31 heavy (non-hydrogen) atoms. The van der Waals surface area contributed by atoms with E-state index in [1.54, 1.807) is 7.11 Å². The predicted molar refractivity (Wildman–Crippen MR) is 123 cm³/mol. The van der Waals surface area contributed by atoms with Crippen molar-refractivity contribution in [1.82, 2.24) is 20.1 Å². The van der Waals surface area contributed by atoms with Gasteiger partial charge in [-0.05, 0) is 43.4 Å². The third-order valence-electron chi connectivity index (χ3n) is 6.59. The van der Waals surface area contributed by atoms with Gasteiger partial charge >= 0.3 is 0 Å². The summed E-state index contributed by atoms with van der Waals surface area (Å²) in [6, 6.07) is 8.83. The number of ether oxygens (including phenoxy) is 1. The Morgan fingerprint density at radius 1 is 1.03 bits per heavy atom. The first kappa shape index (κ1) is 22.2. The van der Waals surface area contributed by atoms with Crippen LogP contribution in [0, 0.1) is 0 Å². The molecule has 0 saturated heterocycles. The highest BCUT2D eigenvalue weighted by Gasteiger charge is 2.32. The Bertz CT molecular complexity index is 808. The summed E-state index contributed by atoms with van der Waals surface area (Å²) in [6.07, 6.45) is 13.0. The summed E-state index contributed by atoms with van der Waals surface area (Å²) in [7, 11) is 1.67. The van der Waals surface area contributed by atoms with E-state index in [1.165, 1.54) is 76.0 Å². The second kappa shape index (κ2) is 11.0. The highest BCUT2D eigenvalue weighted by atomic mass is 32.2. The Morgan fingerprint density at radius 2 is 1.65 bits per heavy atom. The molecule has 0 radical (unpaired) electrons. The molecule has 2 aromatic rings. The minimum Gasteiger partial charge on any atom is -0.497 e. The van der Waals surface area contributed by atoms with Gasteiger partial charge in [-0.2, -0.15) is 0 Å². The minimum atomic E-state index is 0.269. The van der Waals surface area contributed by atoms with E-state index in [9.17, 15) is 4.79 Å². The van der Waals surface area contributed by atoms with E-state index in [-0.39, 0.29) is 5.91 Å². The first-order valence-corrected chi connectivity index (χ1v) is 12.7. The number of hydrogen-bond donors (Lipinski definition) is 1. The van der Waals surface area contributed by atoms with Crippen LogP contribution in [0.1, 0.15) is 75.6 Å². The van der Waals surface area contributed by atoms with Crippen LogP contribution in [0.3, 0.4) is 0 Å². The fourth-order valence-corrected chi connectivity index (χ4v) is 5.67. The molecule has 1 heterocycles. The van der Waals surface area contributed by atoms with Gasteiger partial charge in [0.2, 0.25) is 11.1 Å². The predicted octanol–water partition coefficient (Wildman–Crippen LogP) is 4.99. The van der Waals surface area contributed by atoms with Gasteiger partial charge in [0.15, 0.2) is 0 Å². The normalized spacial score (nSPS) is 18.1. The lowest BCUT2D eigenvalue weighted by molar-refractivity contribution is -0.135. The quantitative estimate of drug-likeness (QED) is 0.583. The number of benzene rings is 1. The van der Waals surface area contributed by atoms with Gasteiger partial charge in [-0.1, -0.05) is 62.4 Å². The number of carbonyl (C=O) groups is 1. The van der Waals surface area contributed by atoms with E-state index in [0.717, 1.165) is 17.1 Å². The van der Waals surface area contributed by atoms with Gasteiger partial charge in [-0.25, -0.2) is 4.98 Å². The summed E-state index contributed by atoms with van der Waals surface area (Å²) in [4.78, 5) is 20.2. The number of nitrogens with one attached hydrogen (secondary N) is 1. The summed E-state index contributed by atoms with van der Waals surface area (Å²) < 4.78 is 5.21. The molecule has 6 nitrogen and oxygen atoms in total. The van der Waals surface area contributed by atoms with E-state index in [4.69, 9.17) is 4.74 Å². The maximum absolute atomic E-state index is 13.3. The van der Waals surface area contributed by atoms with Crippen LogP contribution in [0.2, 0.25) is 0 Å². The van der Waals surface area contributed by atoms with Crippen LogP contribution in [0.25, 0.3) is 0 Å². The van der Waals surface area contributed by atoms with Crippen LogP contribution in [0.15, 0.2) is 29.4 Å². The lowest BCUT2D eigenvalue weighted by Gasteiger charge is -2.41. The van der Waals surface area contributed by atoms with Crippen LogP contribution < -0.4 is 4.74 Å². The van der Waals surface area contributed by atoms with E-state index >= 15 is 0 Å². The van der Waals surface area contributed by atoms with Crippen LogP contribution in [0.4, 0.5) is 0 Å². The maximum Gasteiger partial charge on any atom is 0.233 e. The molecule has 7 heteroatoms. The number of rotatable bonds is 8. The number of nitrogens with zero attached hydrogens (tertiary/aromatic N) is 3. The van der Waals surface area contributed by atoms with Crippen LogP contribution in [-0.2, 0) is 11.2 Å². The minimum absolute atomic E-state index is 0.269. The van der Waals surface area contributed by atoms with Crippen LogP contribution in [0.5, 0.6) is 5.75 Å². The smallest absolute Gasteiger partial charge is 0.233 e. The number of methoxy groups -OCH3 is 1. The van der Waals surface area contributed by atoms with E-state index in [1.807, 2.05) is 24.3 Å². The zero-order valence-electron chi connectivity index (χ0n) is 18.5. The Kier molecular flexibility index (Phi) is 7.89. The van der Waals surface area contributed by atoms with Crippen molar-refractivity contribution in [1.29, 1.82) is 0 Å². The number of thioether (sulfide) groups is 1. The Morgan fingerprint density at radius 3 is 2.23 bits per heavy atom. The molecular weight excluding hydrogens is 408 g/mol. The average Bonchev–Trinajstić information content (AvgIpc) is 3.27. The van der Waals surface area contributed by atoms with Crippen molar-refractivity contribution in [3.63, 3.8) is 0 Å². The molecule has 2 aliphatic carbocycles. The highest BCUT2D eigenvalue weighted by Crippen LogP contribution is 2.31. The first-order valence-electron chi connectivity index (χ1n) is 11.7. The third-order valence-corrected chi connectivity index (χ3v) is 7.42. The molecule has 0 spiro atoms. The van der Waals surface area contributed by atoms with E-state index in [2.05, 4.69) is 20.1 Å². The van der Waals surface area contributed by atoms with Gasteiger partial charge in [0.05, 0.1) is 12.9 Å². The molecule has 1 aromatic heterocycles. The summed E-state index contributed by atoms with van der Waals surface area (Å²) in [5.41, 5.74) is 1.14. The second-order valence-electron chi connectivity index (χ2n) is 8.76. The zero-order chi connectivity index (χ0) is 21.5. The van der Waals surface area contributed by atoms with Crippen LogP contribution in [-0.4, -0.2) is 50.9 Å². The average molecular weight is 443 g/mol. The molecule has 2 saturated carbocycles. The van der Waals surface area contributed by atoms with Crippen molar-refractivity contribution < 1.29 is 9.53 Å². The number of hydrogen-bond acceptors (Lipinski definition) is 5. The summed E-state index contributed by atoms with van der Waals surface area (Å²) in [5, 5.41) is 8.01. The van der Waals surface area contributed by atoms with Gasteiger partial charge in [-0.3, -0.25) is 9.89 Å². The van der Waals surface area contributed by atoms with Crippen molar-refractivity contribution in [2.75, 3.05) is 12.9 Å². The first-order chi connectivity index (χ1) is 15.2. The van der Waals surface area contributed by atoms with E-state index < -0.39 is 0 Å². The Hall–Kier alpha value is -2.02. The van der Waals surface area contributed by atoms with Gasteiger partial charge in [-0.15, -0.1) is 5.10 Å². The molecule has 168 valence electrons. The number of carbonyl (C=O) groups excluding carboxylic acids is 1. The molecule has 0 atom stereocenters. The molecule has 1 amide bonds. The van der Waals surface area contributed by atoms with Crippen molar-refractivity contribution in [3.05, 3.63) is 35.7 Å². The number of aromatic nitrogens is 3. The molecular formula is C24H34N4O2S. The van der Waals surface area contributed by atoms with E-state index in [0.29, 0.717) is 29.4 Å². The Labute approximate surface area is 189 Å². The van der Waals surface area contributed by atoms with Crippen molar-refractivity contribution >= 4 is 17.7 Å². The standard InChI is InChI=1S/C24H34N4O2S/c1-30-21-14-12-18(13-15-21)16-22-25-24(27-26-22)31-17-23(29)28(19-8-4-2-5-9-19)20-10-6-3-7-11-20/h12-15,19-20H,2-11,16-17H2,1H3,(H,25,26,27). The fraction of sp³-hybridized carbons (Fsp3) is 0.625. The van der Waals surface area contributed by atoms with Gasteiger partial charge in [0, 0.05) is 18.5 Å². The third kappa shape index (κ3) is 6.03. The lowest BCUT2D eigenvalue weighted by Crippen LogP contribution is -2.49. The summed E-state index contributed by atoms with van der Waals surface area (Å²) >= 11 is 1.46. The van der Waals surface area contributed by atoms with Gasteiger partial charge in [0.1, 0.15) is 11.6 Å². The molecule has 1 aromatic carbocycles. The zero-order valence-corrected chi connectivity index (χ0v) is 19.3. The summed E-state index contributed by atoms with van der Waals surface area (Å²) in [5.74, 6) is 2.35. The lowest BCUT2D eigenvalue weighted by atomic mass is 9.88. The largest absolute Gasteiger partial charge is 0.497 e. The number of aromatic amines is 1. The molecule has 1 N–H and O–H groups in total. The Balaban J connectivity index is 1.34. The molecule has 4 rings (SSSR count). The molecule has 0 bridgehead atoms. The second-order valence-corrected chi connectivity index (χ2v) is 9.71. The maximum atomic E-state index is 13.3. The topological polar surface area (TPSA) is 71.1 Å². The monoisotopic (exact) mass is 442 g/mol. The molecule has 2 fully saturated rings. The number of H-pyrrole nitrogens is 1. The molecule has 0 aliphatic heterocycles. The van der Waals surface area contributed by atoms with Crippen molar-refractivity contribution in [2.45, 2.75) is 87.9 Å². The number of amides is 1. The van der Waals surface area contributed by atoms with Crippen LogP contribution >= 0.6 is 11.8 Å².